The first-order valence-electron chi connectivity index (χ1n) is 5.61. The summed E-state index contributed by atoms with van der Waals surface area (Å²) in [6.07, 6.45) is 1.56. The van der Waals surface area contributed by atoms with Gasteiger partial charge in [-0.05, 0) is 34.0 Å². The lowest BCUT2D eigenvalue weighted by atomic mass is 10.1. The third-order valence-electron chi connectivity index (χ3n) is 2.92. The highest BCUT2D eigenvalue weighted by Gasteiger charge is 2.21. The van der Waals surface area contributed by atoms with Gasteiger partial charge in [-0.1, -0.05) is 5.16 Å². The Morgan fingerprint density at radius 1 is 1.56 bits per heavy atom. The molecule has 0 bridgehead atoms. The topological polar surface area (TPSA) is 84.0 Å². The standard InChI is InChI=1S/C12H20N4O2/c1-12(2,16(3)4)8-18-10-7-9(5-6-14-10)11(13)15-17/h5-7,17H,8H2,1-4H3,(H2,13,15). The van der Waals surface area contributed by atoms with Gasteiger partial charge in [0, 0.05) is 23.4 Å². The average molecular weight is 252 g/mol. The summed E-state index contributed by atoms with van der Waals surface area (Å²) in [6, 6.07) is 3.29. The highest BCUT2D eigenvalue weighted by atomic mass is 16.5. The molecule has 0 aliphatic heterocycles. The normalized spacial score (nSPS) is 12.8. The number of hydrogen-bond donors (Lipinski definition) is 2. The van der Waals surface area contributed by atoms with Gasteiger partial charge >= 0.3 is 0 Å². The van der Waals surface area contributed by atoms with Crippen molar-refractivity contribution in [3.63, 3.8) is 0 Å². The Hall–Kier alpha value is -1.82. The van der Waals surface area contributed by atoms with Gasteiger partial charge in [-0.15, -0.1) is 0 Å². The van der Waals surface area contributed by atoms with Crippen molar-refractivity contribution in [2.75, 3.05) is 20.7 Å². The molecule has 0 fully saturated rings. The van der Waals surface area contributed by atoms with Gasteiger partial charge in [0.25, 0.3) is 0 Å². The molecule has 0 atom stereocenters. The SMILES string of the molecule is CN(C)C(C)(C)COc1cc(C(N)=NO)ccn1. The van der Waals surface area contributed by atoms with Crippen molar-refractivity contribution in [2.45, 2.75) is 19.4 Å². The second kappa shape index (κ2) is 5.68. The largest absolute Gasteiger partial charge is 0.476 e. The zero-order valence-corrected chi connectivity index (χ0v) is 11.2. The number of nitrogens with two attached hydrogens (primary N) is 1. The van der Waals surface area contributed by atoms with E-state index in [0.29, 0.717) is 18.1 Å². The minimum Gasteiger partial charge on any atom is -0.476 e. The van der Waals surface area contributed by atoms with Crippen molar-refractivity contribution in [3.8, 4) is 5.88 Å². The lowest BCUT2D eigenvalue weighted by molar-refractivity contribution is 0.111. The van der Waals surface area contributed by atoms with Crippen molar-refractivity contribution < 1.29 is 9.94 Å². The lowest BCUT2D eigenvalue weighted by Crippen LogP contribution is -2.43. The third-order valence-corrected chi connectivity index (χ3v) is 2.92. The van der Waals surface area contributed by atoms with Crippen LogP contribution < -0.4 is 10.5 Å². The van der Waals surface area contributed by atoms with Crippen molar-refractivity contribution in [3.05, 3.63) is 23.9 Å². The van der Waals surface area contributed by atoms with E-state index in [0.717, 1.165) is 0 Å². The Morgan fingerprint density at radius 3 is 2.78 bits per heavy atom. The summed E-state index contributed by atoms with van der Waals surface area (Å²) in [6.45, 7) is 4.63. The van der Waals surface area contributed by atoms with Crippen LogP contribution in [0, 0.1) is 0 Å². The van der Waals surface area contributed by atoms with Crippen LogP contribution in [0.5, 0.6) is 5.88 Å². The van der Waals surface area contributed by atoms with Gasteiger partial charge in [-0.2, -0.15) is 0 Å². The number of oxime groups is 1. The molecule has 1 aromatic heterocycles. The Bertz CT molecular complexity index is 430. The number of rotatable bonds is 5. The van der Waals surface area contributed by atoms with E-state index in [1.165, 1.54) is 0 Å². The van der Waals surface area contributed by atoms with E-state index >= 15 is 0 Å². The predicted octanol–water partition coefficient (Wildman–Crippen LogP) is 0.895. The van der Waals surface area contributed by atoms with Gasteiger partial charge in [-0.25, -0.2) is 4.98 Å². The van der Waals surface area contributed by atoms with E-state index in [2.05, 4.69) is 28.9 Å². The van der Waals surface area contributed by atoms with Crippen LogP contribution in [-0.4, -0.2) is 47.2 Å². The Labute approximate surface area is 107 Å². The molecule has 0 radical (unpaired) electrons. The molecule has 18 heavy (non-hydrogen) atoms. The van der Waals surface area contributed by atoms with Gasteiger partial charge in [0.15, 0.2) is 5.84 Å². The highest BCUT2D eigenvalue weighted by molar-refractivity contribution is 5.97. The van der Waals surface area contributed by atoms with Gasteiger partial charge < -0.3 is 20.6 Å². The summed E-state index contributed by atoms with van der Waals surface area (Å²) in [7, 11) is 3.98. The summed E-state index contributed by atoms with van der Waals surface area (Å²) in [5.41, 5.74) is 5.97. The maximum atomic E-state index is 8.61. The second-order valence-electron chi connectivity index (χ2n) is 4.86. The molecule has 0 saturated carbocycles. The fraction of sp³-hybridized carbons (Fsp3) is 0.500. The Balaban J connectivity index is 2.75. The first-order valence-corrected chi connectivity index (χ1v) is 5.61. The molecule has 0 unspecified atom stereocenters. The molecule has 3 N–H and O–H groups in total. The molecule has 100 valence electrons. The number of amidine groups is 1. The highest BCUT2D eigenvalue weighted by Crippen LogP contribution is 2.14. The van der Waals surface area contributed by atoms with Gasteiger partial charge in [-0.3, -0.25) is 0 Å². The molecular weight excluding hydrogens is 232 g/mol. The first-order chi connectivity index (χ1) is 8.36. The smallest absolute Gasteiger partial charge is 0.213 e. The van der Waals surface area contributed by atoms with E-state index in [1.807, 2.05) is 14.1 Å². The van der Waals surface area contributed by atoms with Crippen LogP contribution in [0.3, 0.4) is 0 Å². The molecule has 0 aliphatic carbocycles. The summed E-state index contributed by atoms with van der Waals surface area (Å²) in [5.74, 6) is 0.489. The van der Waals surface area contributed by atoms with Crippen molar-refractivity contribution in [1.82, 2.24) is 9.88 Å². The number of hydrogen-bond acceptors (Lipinski definition) is 5. The third kappa shape index (κ3) is 3.59. The number of nitrogens with zero attached hydrogens (tertiary/aromatic N) is 3. The van der Waals surface area contributed by atoms with Crippen molar-refractivity contribution in [2.24, 2.45) is 10.9 Å². The fourth-order valence-corrected chi connectivity index (χ4v) is 1.09. The summed E-state index contributed by atoms with van der Waals surface area (Å²) in [5, 5.41) is 11.5. The molecular formula is C12H20N4O2. The molecule has 1 rings (SSSR count). The van der Waals surface area contributed by atoms with Crippen LogP contribution in [0.4, 0.5) is 0 Å². The minimum absolute atomic E-state index is 0.0362. The molecule has 0 saturated heterocycles. The van der Waals surface area contributed by atoms with Crippen LogP contribution in [0.2, 0.25) is 0 Å². The molecule has 0 aliphatic rings. The van der Waals surface area contributed by atoms with Crippen LogP contribution in [0.25, 0.3) is 0 Å². The number of ether oxygens (including phenoxy) is 1. The average Bonchev–Trinajstić information content (AvgIpc) is 2.35. The second-order valence-corrected chi connectivity index (χ2v) is 4.86. The number of aromatic nitrogens is 1. The summed E-state index contributed by atoms with van der Waals surface area (Å²) in [4.78, 5) is 6.16. The maximum Gasteiger partial charge on any atom is 0.213 e. The first kappa shape index (κ1) is 14.2. The Morgan fingerprint density at radius 2 is 2.22 bits per heavy atom. The number of pyridine rings is 1. The van der Waals surface area contributed by atoms with Gasteiger partial charge in [0.05, 0.1) is 0 Å². The van der Waals surface area contributed by atoms with Crippen molar-refractivity contribution >= 4 is 5.84 Å². The van der Waals surface area contributed by atoms with Crippen LogP contribution in [-0.2, 0) is 0 Å². The number of likely N-dealkylation sites (N-methyl/N-ethyl adjacent to an activating group) is 1. The van der Waals surface area contributed by atoms with E-state index in [-0.39, 0.29) is 11.4 Å². The van der Waals surface area contributed by atoms with Crippen LogP contribution in [0.15, 0.2) is 23.5 Å². The lowest BCUT2D eigenvalue weighted by Gasteiger charge is -2.31. The molecule has 0 spiro atoms. The van der Waals surface area contributed by atoms with E-state index < -0.39 is 0 Å². The fourth-order valence-electron chi connectivity index (χ4n) is 1.09. The maximum absolute atomic E-state index is 8.61. The van der Waals surface area contributed by atoms with E-state index in [4.69, 9.17) is 15.7 Å². The van der Waals surface area contributed by atoms with E-state index in [9.17, 15) is 0 Å². The summed E-state index contributed by atoms with van der Waals surface area (Å²) >= 11 is 0. The zero-order chi connectivity index (χ0) is 13.8. The minimum atomic E-state index is -0.103. The van der Waals surface area contributed by atoms with Crippen molar-refractivity contribution in [1.29, 1.82) is 0 Å². The van der Waals surface area contributed by atoms with Gasteiger partial charge in [0.2, 0.25) is 5.88 Å². The van der Waals surface area contributed by atoms with Crippen LogP contribution in [0.1, 0.15) is 19.4 Å². The molecule has 0 amide bonds. The quantitative estimate of drug-likeness (QED) is 0.352. The molecule has 6 heteroatoms. The molecule has 1 aromatic rings. The summed E-state index contributed by atoms with van der Waals surface area (Å²) < 4.78 is 5.62. The molecule has 1 heterocycles. The predicted molar refractivity (Wildman–Crippen MR) is 70.0 cm³/mol. The molecule has 6 nitrogen and oxygen atoms in total. The van der Waals surface area contributed by atoms with E-state index in [1.54, 1.807) is 18.3 Å². The monoisotopic (exact) mass is 252 g/mol. The molecule has 0 aromatic carbocycles. The zero-order valence-electron chi connectivity index (χ0n) is 11.2. The van der Waals surface area contributed by atoms with Crippen LogP contribution >= 0.6 is 0 Å². The van der Waals surface area contributed by atoms with Gasteiger partial charge in [0.1, 0.15) is 6.61 Å². The Kier molecular flexibility index (Phi) is 4.49.